The van der Waals surface area contributed by atoms with Crippen LogP contribution in [-0.4, -0.2) is 49.7 Å². The van der Waals surface area contributed by atoms with Crippen molar-refractivity contribution in [3.63, 3.8) is 0 Å². The van der Waals surface area contributed by atoms with Crippen molar-refractivity contribution in [3.8, 4) is 11.5 Å². The maximum absolute atomic E-state index is 12.1. The second-order valence-corrected chi connectivity index (χ2v) is 5.91. The Morgan fingerprint density at radius 1 is 1.18 bits per heavy atom. The van der Waals surface area contributed by atoms with Crippen LogP contribution in [0.25, 0.3) is 0 Å². The van der Waals surface area contributed by atoms with Crippen LogP contribution in [-0.2, 0) is 4.79 Å². The maximum atomic E-state index is 12.1. The summed E-state index contributed by atoms with van der Waals surface area (Å²) in [6.07, 6.45) is 4.25. The molecule has 0 aromatic heterocycles. The van der Waals surface area contributed by atoms with Gasteiger partial charge in [-0.15, -0.1) is 0 Å². The second-order valence-electron chi connectivity index (χ2n) is 5.91. The Balaban J connectivity index is 1.34. The fraction of sp³-hybridized carbons (Fsp3) is 0.588. The van der Waals surface area contributed by atoms with E-state index in [1.165, 1.54) is 25.9 Å². The minimum absolute atomic E-state index is 0.0873. The van der Waals surface area contributed by atoms with Gasteiger partial charge in [0.2, 0.25) is 6.10 Å². The zero-order chi connectivity index (χ0) is 15.2. The summed E-state index contributed by atoms with van der Waals surface area (Å²) in [6.45, 7) is 4.59. The molecule has 0 aliphatic carbocycles. The Labute approximate surface area is 131 Å². The first-order valence-electron chi connectivity index (χ1n) is 8.21. The number of hydrogen-bond acceptors (Lipinski definition) is 4. The number of ether oxygens (including phenoxy) is 2. The van der Waals surface area contributed by atoms with Crippen LogP contribution in [0.3, 0.4) is 0 Å². The highest BCUT2D eigenvalue weighted by atomic mass is 16.6. The van der Waals surface area contributed by atoms with Crippen LogP contribution in [0, 0.1) is 0 Å². The third-order valence-electron chi connectivity index (χ3n) is 4.20. The average Bonchev–Trinajstić information content (AvgIpc) is 3.07. The highest BCUT2D eigenvalue weighted by molar-refractivity contribution is 5.81. The quantitative estimate of drug-likeness (QED) is 0.815. The summed E-state index contributed by atoms with van der Waals surface area (Å²) in [5.74, 6) is 1.26. The Hall–Kier alpha value is -1.75. The third-order valence-corrected chi connectivity index (χ3v) is 4.20. The first-order chi connectivity index (χ1) is 10.8. The summed E-state index contributed by atoms with van der Waals surface area (Å²) in [4.78, 5) is 14.6. The number of para-hydroxylation sites is 2. The molecule has 1 fully saturated rings. The predicted molar refractivity (Wildman–Crippen MR) is 84.3 cm³/mol. The van der Waals surface area contributed by atoms with E-state index in [0.29, 0.717) is 18.0 Å². The molecule has 5 nitrogen and oxygen atoms in total. The fourth-order valence-corrected chi connectivity index (χ4v) is 2.94. The van der Waals surface area contributed by atoms with E-state index < -0.39 is 6.10 Å². The molecule has 1 aromatic rings. The van der Waals surface area contributed by atoms with E-state index in [1.807, 2.05) is 24.3 Å². The zero-order valence-electron chi connectivity index (χ0n) is 12.9. The van der Waals surface area contributed by atoms with Gasteiger partial charge in [0.05, 0.1) is 0 Å². The van der Waals surface area contributed by atoms with E-state index in [4.69, 9.17) is 9.47 Å². The van der Waals surface area contributed by atoms with Crippen molar-refractivity contribution in [1.82, 2.24) is 10.2 Å². The van der Waals surface area contributed by atoms with Gasteiger partial charge >= 0.3 is 0 Å². The number of fused-ring (bicyclic) bond motifs is 1. The van der Waals surface area contributed by atoms with Crippen molar-refractivity contribution in [2.45, 2.75) is 31.8 Å². The van der Waals surface area contributed by atoms with Crippen molar-refractivity contribution in [2.24, 2.45) is 0 Å². The molecule has 5 heteroatoms. The monoisotopic (exact) mass is 304 g/mol. The largest absolute Gasteiger partial charge is 0.485 e. The number of rotatable bonds is 6. The van der Waals surface area contributed by atoms with Crippen molar-refractivity contribution in [3.05, 3.63) is 24.3 Å². The van der Waals surface area contributed by atoms with Gasteiger partial charge in [0.25, 0.3) is 5.91 Å². The molecule has 0 spiro atoms. The molecule has 2 aliphatic heterocycles. The lowest BCUT2D eigenvalue weighted by molar-refractivity contribution is -0.130. The van der Waals surface area contributed by atoms with Crippen LogP contribution in [0.5, 0.6) is 11.5 Å². The summed E-state index contributed by atoms with van der Waals surface area (Å²) in [6, 6.07) is 7.44. The highest BCUT2D eigenvalue weighted by Crippen LogP contribution is 2.30. The highest BCUT2D eigenvalue weighted by Gasteiger charge is 2.26. The molecule has 1 N–H and O–H groups in total. The molecule has 0 saturated carbocycles. The van der Waals surface area contributed by atoms with Crippen molar-refractivity contribution in [1.29, 1.82) is 0 Å². The topological polar surface area (TPSA) is 50.8 Å². The second kappa shape index (κ2) is 7.49. The first kappa shape index (κ1) is 15.2. The van der Waals surface area contributed by atoms with Gasteiger partial charge in [-0.05, 0) is 57.5 Å². The van der Waals surface area contributed by atoms with Gasteiger partial charge in [-0.25, -0.2) is 0 Å². The number of hydrogen-bond donors (Lipinski definition) is 1. The lowest BCUT2D eigenvalue weighted by atomic mass is 10.2. The van der Waals surface area contributed by atoms with Crippen LogP contribution in [0.15, 0.2) is 24.3 Å². The van der Waals surface area contributed by atoms with E-state index in [1.54, 1.807) is 0 Å². The Morgan fingerprint density at radius 3 is 2.77 bits per heavy atom. The van der Waals surface area contributed by atoms with Crippen molar-refractivity contribution >= 4 is 5.91 Å². The molecule has 2 heterocycles. The summed E-state index contributed by atoms with van der Waals surface area (Å²) in [7, 11) is 0. The average molecular weight is 304 g/mol. The summed E-state index contributed by atoms with van der Waals surface area (Å²) < 4.78 is 11.2. The number of nitrogens with zero attached hydrogens (tertiary/aromatic N) is 1. The molecule has 120 valence electrons. The molecule has 22 heavy (non-hydrogen) atoms. The minimum atomic E-state index is -0.548. The number of carbonyl (C=O) groups is 1. The predicted octanol–water partition coefficient (Wildman–Crippen LogP) is 1.82. The fourth-order valence-electron chi connectivity index (χ4n) is 2.94. The van der Waals surface area contributed by atoms with Crippen molar-refractivity contribution < 1.29 is 14.3 Å². The third kappa shape index (κ3) is 3.91. The van der Waals surface area contributed by atoms with Crippen LogP contribution >= 0.6 is 0 Å². The molecule has 1 amide bonds. The van der Waals surface area contributed by atoms with Crippen LogP contribution in [0.1, 0.15) is 25.7 Å². The summed E-state index contributed by atoms with van der Waals surface area (Å²) >= 11 is 0. The van der Waals surface area contributed by atoms with Crippen molar-refractivity contribution in [2.75, 3.05) is 32.8 Å². The van der Waals surface area contributed by atoms with Gasteiger partial charge in [-0.3, -0.25) is 4.79 Å². The number of nitrogens with one attached hydrogen (secondary N) is 1. The van der Waals surface area contributed by atoms with Crippen LogP contribution < -0.4 is 14.8 Å². The first-order valence-corrected chi connectivity index (χ1v) is 8.21. The van der Waals surface area contributed by atoms with Gasteiger partial charge in [0, 0.05) is 6.54 Å². The Bertz CT molecular complexity index is 500. The molecular formula is C17H24N2O3. The SMILES string of the molecule is O=C(NCCCCN1CCCC1)C1COc2ccccc2O1. The Morgan fingerprint density at radius 2 is 1.95 bits per heavy atom. The van der Waals surface area contributed by atoms with E-state index in [2.05, 4.69) is 10.2 Å². The van der Waals surface area contributed by atoms with Gasteiger partial charge in [-0.2, -0.15) is 0 Å². The molecular weight excluding hydrogens is 280 g/mol. The van der Waals surface area contributed by atoms with E-state index in [-0.39, 0.29) is 12.5 Å². The number of benzene rings is 1. The smallest absolute Gasteiger partial charge is 0.264 e. The molecule has 0 bridgehead atoms. The normalized spacial score (nSPS) is 20.8. The van der Waals surface area contributed by atoms with Crippen LogP contribution in [0.4, 0.5) is 0 Å². The maximum Gasteiger partial charge on any atom is 0.264 e. The molecule has 1 aromatic carbocycles. The molecule has 0 radical (unpaired) electrons. The number of likely N-dealkylation sites (tertiary alicyclic amines) is 1. The van der Waals surface area contributed by atoms with E-state index in [0.717, 1.165) is 19.4 Å². The Kier molecular flexibility index (Phi) is 5.16. The summed E-state index contributed by atoms with van der Waals surface area (Å²) in [5, 5.41) is 2.95. The molecule has 1 unspecified atom stereocenters. The number of carbonyl (C=O) groups excluding carboxylic acids is 1. The van der Waals surface area contributed by atoms with Gasteiger partial charge in [0.1, 0.15) is 6.61 Å². The van der Waals surface area contributed by atoms with Gasteiger partial charge in [-0.1, -0.05) is 12.1 Å². The standard InChI is InChI=1S/C17H24N2O3/c20-17(18-9-3-4-10-19-11-5-6-12-19)16-13-21-14-7-1-2-8-15(14)22-16/h1-2,7-8,16H,3-6,9-13H2,(H,18,20). The van der Waals surface area contributed by atoms with E-state index in [9.17, 15) is 4.79 Å². The number of unbranched alkanes of at least 4 members (excludes halogenated alkanes) is 1. The van der Waals surface area contributed by atoms with Gasteiger partial charge in [0.15, 0.2) is 11.5 Å². The van der Waals surface area contributed by atoms with Gasteiger partial charge < -0.3 is 19.7 Å². The molecule has 1 saturated heterocycles. The zero-order valence-corrected chi connectivity index (χ0v) is 12.9. The molecule has 1 atom stereocenters. The number of amides is 1. The molecule has 3 rings (SSSR count). The minimum Gasteiger partial charge on any atom is -0.485 e. The van der Waals surface area contributed by atoms with Crippen LogP contribution in [0.2, 0.25) is 0 Å². The lowest BCUT2D eigenvalue weighted by Gasteiger charge is -2.25. The lowest BCUT2D eigenvalue weighted by Crippen LogP contribution is -2.44. The van der Waals surface area contributed by atoms with E-state index >= 15 is 0 Å². The summed E-state index contributed by atoms with van der Waals surface area (Å²) in [5.41, 5.74) is 0. The molecule has 2 aliphatic rings.